The number of carbonyl (C=O) groups excluding carboxylic acids is 1. The third kappa shape index (κ3) is 5.30. The molecule has 5 nitrogen and oxygen atoms in total. The highest BCUT2D eigenvalue weighted by Gasteiger charge is 2.50. The Hall–Kier alpha value is -2.84. The maximum Gasteiger partial charge on any atom is 0.317 e. The van der Waals surface area contributed by atoms with Gasteiger partial charge in [0.1, 0.15) is 12.3 Å². The molecule has 4 aliphatic rings. The van der Waals surface area contributed by atoms with Gasteiger partial charge in [-0.2, -0.15) is 5.26 Å². The molecule has 1 saturated carbocycles. The Kier molecular flexibility index (Phi) is 7.62. The van der Waals surface area contributed by atoms with Crippen molar-refractivity contribution in [2.24, 2.45) is 5.92 Å². The predicted molar refractivity (Wildman–Crippen MR) is 139 cm³/mol. The van der Waals surface area contributed by atoms with Gasteiger partial charge in [-0.25, -0.2) is 0 Å². The van der Waals surface area contributed by atoms with Crippen molar-refractivity contribution in [3.63, 3.8) is 0 Å². The van der Waals surface area contributed by atoms with Crippen LogP contribution in [0.4, 0.5) is 0 Å². The maximum absolute atomic E-state index is 13.9. The van der Waals surface area contributed by atoms with Crippen LogP contribution in [0.5, 0.6) is 5.75 Å². The van der Waals surface area contributed by atoms with Crippen molar-refractivity contribution in [1.82, 2.24) is 0 Å². The molecule has 4 fully saturated rings. The summed E-state index contributed by atoms with van der Waals surface area (Å²) in [6, 6.07) is 19.9. The minimum absolute atomic E-state index is 0.0247. The minimum atomic E-state index is -0.483. The molecule has 1 aliphatic carbocycles. The Morgan fingerprint density at radius 1 is 0.972 bits per heavy atom. The van der Waals surface area contributed by atoms with Crippen LogP contribution in [0, 0.1) is 17.2 Å². The first-order valence-corrected chi connectivity index (χ1v) is 13.9. The molecule has 0 N–H and O–H groups in total. The Morgan fingerprint density at radius 2 is 1.67 bits per heavy atom. The van der Waals surface area contributed by atoms with Crippen molar-refractivity contribution in [2.45, 2.75) is 69.3 Å². The van der Waals surface area contributed by atoms with E-state index in [2.05, 4.69) is 30.3 Å². The van der Waals surface area contributed by atoms with Gasteiger partial charge in [0.2, 0.25) is 0 Å². The van der Waals surface area contributed by atoms with E-state index in [0.717, 1.165) is 73.8 Å². The lowest BCUT2D eigenvalue weighted by molar-refractivity contribution is -0.946. The topological polar surface area (TPSA) is 59.3 Å². The summed E-state index contributed by atoms with van der Waals surface area (Å²) >= 11 is 0. The molecule has 2 bridgehead atoms. The third-order valence-corrected chi connectivity index (χ3v) is 9.00. The number of nitriles is 1. The number of fused-ring (bicyclic) bond motifs is 3. The second kappa shape index (κ2) is 11.0. The summed E-state index contributed by atoms with van der Waals surface area (Å²) in [6.45, 7) is 5.02. The van der Waals surface area contributed by atoms with Crippen molar-refractivity contribution >= 4 is 5.97 Å². The molecule has 3 saturated heterocycles. The standard InChI is InChI=1S/C31H39N2O3/c32-23-25-11-13-28(14-12-25)35-22-8-19-33-20-15-26(16-21-33)29(24-33)36-30(34)31(17-6-1-2-7-18-31)27-9-4-3-5-10-27/h3-5,9-14,26,29H,1-2,6-8,15-22,24H2/q+1. The molecule has 2 aromatic carbocycles. The number of esters is 1. The maximum atomic E-state index is 13.9. The summed E-state index contributed by atoms with van der Waals surface area (Å²) in [4.78, 5) is 13.9. The molecule has 3 heterocycles. The van der Waals surface area contributed by atoms with Crippen molar-refractivity contribution < 1.29 is 18.8 Å². The van der Waals surface area contributed by atoms with Crippen LogP contribution >= 0.6 is 0 Å². The highest BCUT2D eigenvalue weighted by molar-refractivity contribution is 5.83. The predicted octanol–water partition coefficient (Wildman–Crippen LogP) is 5.77. The van der Waals surface area contributed by atoms with Gasteiger partial charge in [0.25, 0.3) is 0 Å². The van der Waals surface area contributed by atoms with Crippen molar-refractivity contribution in [2.75, 3.05) is 32.8 Å². The molecule has 3 aliphatic heterocycles. The number of ether oxygens (including phenoxy) is 2. The van der Waals surface area contributed by atoms with Gasteiger partial charge in [-0.05, 0) is 42.7 Å². The molecule has 5 heteroatoms. The molecule has 190 valence electrons. The van der Waals surface area contributed by atoms with Crippen molar-refractivity contribution in [3.05, 3.63) is 65.7 Å². The lowest BCUT2D eigenvalue weighted by Crippen LogP contribution is -2.65. The number of hydrogen-bond donors (Lipinski definition) is 0. The van der Waals surface area contributed by atoms with E-state index in [1.165, 1.54) is 25.9 Å². The molecular formula is C31H39N2O3+. The first kappa shape index (κ1) is 24.8. The van der Waals surface area contributed by atoms with Crippen LogP contribution in [0.25, 0.3) is 0 Å². The van der Waals surface area contributed by atoms with Crippen LogP contribution in [-0.4, -0.2) is 49.3 Å². The summed E-state index contributed by atoms with van der Waals surface area (Å²) < 4.78 is 13.5. The van der Waals surface area contributed by atoms with E-state index >= 15 is 0 Å². The summed E-state index contributed by atoms with van der Waals surface area (Å²) in [5, 5.41) is 8.96. The van der Waals surface area contributed by atoms with Crippen molar-refractivity contribution in [1.29, 1.82) is 5.26 Å². The van der Waals surface area contributed by atoms with Gasteiger partial charge in [-0.1, -0.05) is 56.0 Å². The van der Waals surface area contributed by atoms with E-state index in [-0.39, 0.29) is 12.1 Å². The molecule has 2 aromatic rings. The summed E-state index contributed by atoms with van der Waals surface area (Å²) in [7, 11) is 0. The van der Waals surface area contributed by atoms with Gasteiger partial charge in [-0.3, -0.25) is 4.79 Å². The molecule has 6 rings (SSSR count). The van der Waals surface area contributed by atoms with E-state index < -0.39 is 5.41 Å². The molecular weight excluding hydrogens is 448 g/mol. The third-order valence-electron chi connectivity index (χ3n) is 9.00. The van der Waals surface area contributed by atoms with Gasteiger partial charge >= 0.3 is 5.97 Å². The van der Waals surface area contributed by atoms with Crippen LogP contribution in [0.2, 0.25) is 0 Å². The van der Waals surface area contributed by atoms with Gasteiger partial charge in [0.15, 0.2) is 6.10 Å². The summed E-state index contributed by atoms with van der Waals surface area (Å²) in [5.74, 6) is 1.34. The van der Waals surface area contributed by atoms with Crippen LogP contribution in [0.1, 0.15) is 68.9 Å². The fourth-order valence-corrected chi connectivity index (χ4v) is 6.83. The Bertz CT molecular complexity index is 1040. The van der Waals surface area contributed by atoms with Crippen LogP contribution in [-0.2, 0) is 14.9 Å². The van der Waals surface area contributed by atoms with Gasteiger partial charge < -0.3 is 14.0 Å². The fourth-order valence-electron chi connectivity index (χ4n) is 6.83. The number of carbonyl (C=O) groups is 1. The molecule has 1 atom stereocenters. The number of rotatable bonds is 8. The van der Waals surface area contributed by atoms with E-state index in [4.69, 9.17) is 14.7 Å². The smallest absolute Gasteiger partial charge is 0.317 e. The first-order valence-electron chi connectivity index (χ1n) is 13.9. The SMILES string of the molecule is N#Cc1ccc(OCCC[N+]23CCC(CC2)C(OC(=O)C2(c4ccccc4)CCCCCC2)C3)cc1. The van der Waals surface area contributed by atoms with E-state index in [0.29, 0.717) is 18.1 Å². The molecule has 0 aromatic heterocycles. The lowest BCUT2D eigenvalue weighted by atomic mass is 9.74. The summed E-state index contributed by atoms with van der Waals surface area (Å²) in [6.07, 6.45) is 9.70. The number of benzene rings is 2. The number of hydrogen-bond acceptors (Lipinski definition) is 4. The average molecular weight is 488 g/mol. The number of piperidine rings is 3. The Morgan fingerprint density at radius 3 is 2.33 bits per heavy atom. The quantitative estimate of drug-likeness (QED) is 0.205. The monoisotopic (exact) mass is 487 g/mol. The lowest BCUT2D eigenvalue weighted by Gasteiger charge is -2.52. The fraction of sp³-hybridized carbons (Fsp3) is 0.548. The number of nitrogens with zero attached hydrogens (tertiary/aromatic N) is 2. The summed E-state index contributed by atoms with van der Waals surface area (Å²) in [5.41, 5.74) is 1.31. The molecule has 0 radical (unpaired) electrons. The van der Waals surface area contributed by atoms with Gasteiger partial charge in [0, 0.05) is 25.2 Å². The Labute approximate surface area is 215 Å². The minimum Gasteiger partial charge on any atom is -0.493 e. The largest absolute Gasteiger partial charge is 0.493 e. The van der Waals surface area contributed by atoms with Crippen molar-refractivity contribution in [3.8, 4) is 11.8 Å². The van der Waals surface area contributed by atoms with Gasteiger partial charge in [0.05, 0.1) is 43.3 Å². The second-order valence-electron chi connectivity index (χ2n) is 11.2. The molecule has 0 spiro atoms. The zero-order valence-electron chi connectivity index (χ0n) is 21.4. The van der Waals surface area contributed by atoms with Gasteiger partial charge in [-0.15, -0.1) is 0 Å². The average Bonchev–Trinajstić information content (AvgIpc) is 3.20. The Balaban J connectivity index is 1.21. The van der Waals surface area contributed by atoms with E-state index in [1.807, 2.05) is 18.2 Å². The number of quaternary nitrogens is 1. The zero-order valence-corrected chi connectivity index (χ0v) is 21.4. The molecule has 36 heavy (non-hydrogen) atoms. The second-order valence-corrected chi connectivity index (χ2v) is 11.2. The van der Waals surface area contributed by atoms with E-state index in [1.54, 1.807) is 12.1 Å². The molecule has 1 unspecified atom stereocenters. The zero-order chi connectivity index (χ0) is 24.8. The van der Waals surface area contributed by atoms with Crippen LogP contribution in [0.3, 0.4) is 0 Å². The normalized spacial score (nSPS) is 27.0. The van der Waals surface area contributed by atoms with E-state index in [9.17, 15) is 4.79 Å². The van der Waals surface area contributed by atoms with Crippen LogP contribution < -0.4 is 4.74 Å². The highest BCUT2D eigenvalue weighted by atomic mass is 16.5. The highest BCUT2D eigenvalue weighted by Crippen LogP contribution is 2.42. The molecule has 0 amide bonds. The van der Waals surface area contributed by atoms with Crippen LogP contribution in [0.15, 0.2) is 54.6 Å². The first-order chi connectivity index (χ1) is 17.6.